The fourth-order valence-electron chi connectivity index (χ4n) is 2.47. The number of hydrogen-bond acceptors (Lipinski definition) is 3. The number of piperazine rings is 1. The normalized spacial score (nSPS) is 17.6. The van der Waals surface area contributed by atoms with Gasteiger partial charge in [-0.05, 0) is 18.2 Å². The summed E-state index contributed by atoms with van der Waals surface area (Å²) in [4.78, 5) is 16.5. The maximum atomic E-state index is 11.6. The summed E-state index contributed by atoms with van der Waals surface area (Å²) in [5.74, 6) is 0.325. The van der Waals surface area contributed by atoms with E-state index in [-0.39, 0.29) is 0 Å². The van der Waals surface area contributed by atoms with Gasteiger partial charge in [0.2, 0.25) is 0 Å². The molecule has 0 aromatic heterocycles. The van der Waals surface area contributed by atoms with Crippen LogP contribution in [-0.2, 0) is 17.8 Å². The summed E-state index contributed by atoms with van der Waals surface area (Å²) >= 11 is 0. The summed E-state index contributed by atoms with van der Waals surface area (Å²) in [5, 5.41) is 0. The number of benzene rings is 1. The van der Waals surface area contributed by atoms with Gasteiger partial charge in [0.05, 0.1) is 0 Å². The van der Waals surface area contributed by atoms with Gasteiger partial charge in [0.25, 0.3) is 0 Å². The number of Topliss-reactive ketones (excluding diaryl/α,β-unsaturated/α-hetero) is 1. The molecular formula is C16H24N2O. The second-order valence-electron chi connectivity index (χ2n) is 5.42. The molecule has 1 fully saturated rings. The Bertz CT molecular complexity index is 423. The largest absolute Gasteiger partial charge is 0.304 e. The van der Waals surface area contributed by atoms with Crippen molar-refractivity contribution in [3.05, 3.63) is 35.4 Å². The van der Waals surface area contributed by atoms with Crippen molar-refractivity contribution in [2.24, 2.45) is 0 Å². The van der Waals surface area contributed by atoms with Gasteiger partial charge in [-0.1, -0.05) is 31.2 Å². The number of nitrogens with zero attached hydrogens (tertiary/aromatic N) is 2. The van der Waals surface area contributed by atoms with Gasteiger partial charge in [-0.15, -0.1) is 0 Å². The molecule has 0 radical (unpaired) electrons. The zero-order chi connectivity index (χ0) is 13.7. The molecule has 0 spiro atoms. The van der Waals surface area contributed by atoms with Gasteiger partial charge in [0.15, 0.2) is 0 Å². The molecule has 0 aliphatic carbocycles. The lowest BCUT2D eigenvalue weighted by Gasteiger charge is -2.32. The standard InChI is InChI=1S/C16H24N2O/c1-3-16(19)12-14-6-4-5-7-15(14)13-18-10-8-17(2)9-11-18/h4-7H,3,8-13H2,1-2H3. The first-order valence-corrected chi connectivity index (χ1v) is 7.18. The molecule has 1 heterocycles. The number of carbonyl (C=O) groups excluding carboxylic acids is 1. The quantitative estimate of drug-likeness (QED) is 0.808. The zero-order valence-electron chi connectivity index (χ0n) is 12.1. The van der Waals surface area contributed by atoms with Gasteiger partial charge >= 0.3 is 0 Å². The highest BCUT2D eigenvalue weighted by molar-refractivity contribution is 5.80. The molecule has 3 nitrogen and oxygen atoms in total. The van der Waals surface area contributed by atoms with E-state index in [0.717, 1.165) is 32.7 Å². The monoisotopic (exact) mass is 260 g/mol. The molecule has 0 unspecified atom stereocenters. The van der Waals surface area contributed by atoms with Crippen LogP contribution in [-0.4, -0.2) is 48.8 Å². The predicted molar refractivity (Wildman–Crippen MR) is 78.2 cm³/mol. The minimum absolute atomic E-state index is 0.325. The third kappa shape index (κ3) is 4.15. The van der Waals surface area contributed by atoms with Gasteiger partial charge in [0, 0.05) is 45.6 Å². The smallest absolute Gasteiger partial charge is 0.137 e. The molecule has 0 bridgehead atoms. The lowest BCUT2D eigenvalue weighted by molar-refractivity contribution is -0.118. The third-order valence-corrected chi connectivity index (χ3v) is 3.89. The van der Waals surface area contributed by atoms with Crippen LogP contribution in [0.25, 0.3) is 0 Å². The van der Waals surface area contributed by atoms with E-state index < -0.39 is 0 Å². The lowest BCUT2D eigenvalue weighted by Crippen LogP contribution is -2.44. The van der Waals surface area contributed by atoms with Crippen molar-refractivity contribution in [1.29, 1.82) is 0 Å². The molecule has 19 heavy (non-hydrogen) atoms. The summed E-state index contributed by atoms with van der Waals surface area (Å²) in [6.07, 6.45) is 1.21. The van der Waals surface area contributed by atoms with E-state index in [4.69, 9.17) is 0 Å². The Labute approximate surface area is 116 Å². The average Bonchev–Trinajstić information content (AvgIpc) is 2.43. The highest BCUT2D eigenvalue weighted by Crippen LogP contribution is 2.14. The summed E-state index contributed by atoms with van der Waals surface area (Å²) in [5.41, 5.74) is 2.52. The van der Waals surface area contributed by atoms with Crippen LogP contribution < -0.4 is 0 Å². The van der Waals surface area contributed by atoms with Crippen LogP contribution in [0, 0.1) is 0 Å². The van der Waals surface area contributed by atoms with Gasteiger partial charge in [-0.2, -0.15) is 0 Å². The van der Waals surface area contributed by atoms with Crippen molar-refractivity contribution in [3.8, 4) is 0 Å². The Hall–Kier alpha value is -1.19. The van der Waals surface area contributed by atoms with Crippen LogP contribution in [0.3, 0.4) is 0 Å². The number of carbonyl (C=O) groups is 1. The SMILES string of the molecule is CCC(=O)Cc1ccccc1CN1CCN(C)CC1. The minimum Gasteiger partial charge on any atom is -0.304 e. The third-order valence-electron chi connectivity index (χ3n) is 3.89. The molecule has 1 aromatic rings. The molecule has 2 rings (SSSR count). The lowest BCUT2D eigenvalue weighted by atomic mass is 10.0. The van der Waals surface area contributed by atoms with E-state index in [1.165, 1.54) is 11.1 Å². The van der Waals surface area contributed by atoms with Crippen LogP contribution >= 0.6 is 0 Å². The van der Waals surface area contributed by atoms with E-state index in [1.807, 2.05) is 13.0 Å². The van der Waals surface area contributed by atoms with Crippen molar-refractivity contribution >= 4 is 5.78 Å². The molecule has 0 atom stereocenters. The molecule has 1 aliphatic rings. The molecule has 104 valence electrons. The van der Waals surface area contributed by atoms with Crippen LogP contribution in [0.1, 0.15) is 24.5 Å². The summed E-state index contributed by atoms with van der Waals surface area (Å²) in [7, 11) is 2.17. The first-order chi connectivity index (χ1) is 9.19. The minimum atomic E-state index is 0.325. The fraction of sp³-hybridized carbons (Fsp3) is 0.562. The van der Waals surface area contributed by atoms with Crippen LogP contribution in [0.2, 0.25) is 0 Å². The Kier molecular flexibility index (Phi) is 5.11. The number of rotatable bonds is 5. The topological polar surface area (TPSA) is 23.6 Å². The second kappa shape index (κ2) is 6.83. The van der Waals surface area contributed by atoms with Crippen molar-refractivity contribution < 1.29 is 4.79 Å². The molecule has 0 N–H and O–H groups in total. The van der Waals surface area contributed by atoms with Crippen molar-refractivity contribution in [1.82, 2.24) is 9.80 Å². The van der Waals surface area contributed by atoms with Crippen LogP contribution in [0.15, 0.2) is 24.3 Å². The number of likely N-dealkylation sites (N-methyl/N-ethyl adjacent to an activating group) is 1. The molecule has 1 saturated heterocycles. The van der Waals surface area contributed by atoms with Gasteiger partial charge < -0.3 is 4.90 Å². The van der Waals surface area contributed by atoms with Crippen LogP contribution in [0.4, 0.5) is 0 Å². The Morgan fingerprint density at radius 1 is 1.11 bits per heavy atom. The van der Waals surface area contributed by atoms with Gasteiger partial charge in [0.1, 0.15) is 5.78 Å². The van der Waals surface area contributed by atoms with E-state index in [0.29, 0.717) is 18.6 Å². The maximum Gasteiger partial charge on any atom is 0.137 e. The van der Waals surface area contributed by atoms with Crippen molar-refractivity contribution in [2.45, 2.75) is 26.3 Å². The van der Waals surface area contributed by atoms with E-state index in [9.17, 15) is 4.79 Å². The Morgan fingerprint density at radius 3 is 2.37 bits per heavy atom. The van der Waals surface area contributed by atoms with E-state index >= 15 is 0 Å². The Balaban J connectivity index is 2.01. The first-order valence-electron chi connectivity index (χ1n) is 7.18. The second-order valence-corrected chi connectivity index (χ2v) is 5.42. The van der Waals surface area contributed by atoms with Crippen molar-refractivity contribution in [3.63, 3.8) is 0 Å². The maximum absolute atomic E-state index is 11.6. The first kappa shape index (κ1) is 14.2. The number of ketones is 1. The van der Waals surface area contributed by atoms with Crippen LogP contribution in [0.5, 0.6) is 0 Å². The van der Waals surface area contributed by atoms with E-state index in [2.05, 4.69) is 35.0 Å². The highest BCUT2D eigenvalue weighted by Gasteiger charge is 2.15. The highest BCUT2D eigenvalue weighted by atomic mass is 16.1. The van der Waals surface area contributed by atoms with Gasteiger partial charge in [-0.3, -0.25) is 9.69 Å². The predicted octanol–water partition coefficient (Wildman–Crippen LogP) is 1.96. The zero-order valence-corrected chi connectivity index (χ0v) is 12.1. The average molecular weight is 260 g/mol. The van der Waals surface area contributed by atoms with E-state index in [1.54, 1.807) is 0 Å². The van der Waals surface area contributed by atoms with Gasteiger partial charge in [-0.25, -0.2) is 0 Å². The summed E-state index contributed by atoms with van der Waals surface area (Å²) in [6, 6.07) is 8.37. The molecular weight excluding hydrogens is 236 g/mol. The summed E-state index contributed by atoms with van der Waals surface area (Å²) in [6.45, 7) is 7.41. The van der Waals surface area contributed by atoms with Crippen molar-refractivity contribution in [2.75, 3.05) is 33.2 Å². The molecule has 1 aliphatic heterocycles. The molecule has 3 heteroatoms. The number of hydrogen-bond donors (Lipinski definition) is 0. The Morgan fingerprint density at radius 2 is 1.74 bits per heavy atom. The molecule has 0 saturated carbocycles. The summed E-state index contributed by atoms with van der Waals surface area (Å²) < 4.78 is 0. The molecule has 0 amide bonds. The molecule has 1 aromatic carbocycles. The fourth-order valence-corrected chi connectivity index (χ4v) is 2.47.